The van der Waals surface area contributed by atoms with E-state index in [9.17, 15) is 9.50 Å². The summed E-state index contributed by atoms with van der Waals surface area (Å²) in [6.07, 6.45) is 0. The van der Waals surface area contributed by atoms with Gasteiger partial charge in [0.05, 0.1) is 23.8 Å². The van der Waals surface area contributed by atoms with Crippen molar-refractivity contribution in [1.29, 1.82) is 0 Å². The Labute approximate surface area is 82.9 Å². The van der Waals surface area contributed by atoms with E-state index in [-0.39, 0.29) is 21.5 Å². The normalized spacial score (nSPS) is 10.2. The number of halogens is 2. The number of hydrogen-bond acceptors (Lipinski definition) is 3. The van der Waals surface area contributed by atoms with E-state index >= 15 is 0 Å². The summed E-state index contributed by atoms with van der Waals surface area (Å²) in [5, 5.41) is 18.1. The number of rotatable bonds is 2. The summed E-state index contributed by atoms with van der Waals surface area (Å²) in [4.78, 5) is 0. The molecule has 0 amide bonds. The monoisotopic (exact) mass is 250 g/mol. The van der Waals surface area contributed by atoms with Crippen LogP contribution in [-0.2, 0) is 6.61 Å². The zero-order valence-electron chi connectivity index (χ0n) is 6.84. The van der Waals surface area contributed by atoms with Crippen molar-refractivity contribution in [2.45, 2.75) is 6.61 Å². The molecule has 0 unspecified atom stereocenters. The van der Waals surface area contributed by atoms with E-state index < -0.39 is 12.4 Å². The standard InChI is InChI=1S/C8H8BrFO3/c1-13-8-4(3-11)7(10)5(9)2-6(8)12/h2,11-12H,3H2,1H3. The van der Waals surface area contributed by atoms with Crippen molar-refractivity contribution in [3.8, 4) is 11.5 Å². The molecule has 0 bridgehead atoms. The SMILES string of the molecule is COc1c(O)cc(Br)c(F)c1CO. The molecule has 0 aliphatic heterocycles. The topological polar surface area (TPSA) is 49.7 Å². The van der Waals surface area contributed by atoms with E-state index in [4.69, 9.17) is 9.84 Å². The molecule has 0 saturated heterocycles. The summed E-state index contributed by atoms with van der Waals surface area (Å²) < 4.78 is 18.1. The van der Waals surface area contributed by atoms with Gasteiger partial charge in [-0.25, -0.2) is 4.39 Å². The average Bonchev–Trinajstić information content (AvgIpc) is 2.10. The molecular formula is C8H8BrFO3. The molecule has 0 atom stereocenters. The molecule has 0 aliphatic carbocycles. The van der Waals surface area contributed by atoms with Crippen LogP contribution in [0.15, 0.2) is 10.5 Å². The lowest BCUT2D eigenvalue weighted by atomic mass is 10.2. The molecule has 13 heavy (non-hydrogen) atoms. The highest BCUT2D eigenvalue weighted by Gasteiger charge is 2.16. The molecule has 0 aromatic heterocycles. The fourth-order valence-corrected chi connectivity index (χ4v) is 1.47. The van der Waals surface area contributed by atoms with Gasteiger partial charge in [-0.15, -0.1) is 0 Å². The smallest absolute Gasteiger partial charge is 0.169 e. The first-order chi connectivity index (χ1) is 6.11. The predicted octanol–water partition coefficient (Wildman–Crippen LogP) is 1.79. The van der Waals surface area contributed by atoms with Crippen molar-refractivity contribution in [3.63, 3.8) is 0 Å². The molecule has 3 nitrogen and oxygen atoms in total. The summed E-state index contributed by atoms with van der Waals surface area (Å²) in [6, 6.07) is 1.17. The maximum absolute atomic E-state index is 13.2. The zero-order valence-corrected chi connectivity index (χ0v) is 8.43. The van der Waals surface area contributed by atoms with Crippen molar-refractivity contribution < 1.29 is 19.3 Å². The van der Waals surface area contributed by atoms with Crippen LogP contribution in [0.4, 0.5) is 4.39 Å². The Kier molecular flexibility index (Phi) is 3.11. The molecule has 5 heteroatoms. The van der Waals surface area contributed by atoms with Crippen LogP contribution in [0, 0.1) is 5.82 Å². The minimum Gasteiger partial charge on any atom is -0.504 e. The summed E-state index contributed by atoms with van der Waals surface area (Å²) in [7, 11) is 1.29. The number of aromatic hydroxyl groups is 1. The van der Waals surface area contributed by atoms with E-state index in [0.29, 0.717) is 0 Å². The third kappa shape index (κ3) is 1.76. The lowest BCUT2D eigenvalue weighted by Crippen LogP contribution is -1.97. The third-order valence-electron chi connectivity index (χ3n) is 1.61. The highest BCUT2D eigenvalue weighted by atomic mass is 79.9. The van der Waals surface area contributed by atoms with E-state index in [1.165, 1.54) is 13.2 Å². The molecule has 0 aliphatic rings. The average molecular weight is 251 g/mol. The van der Waals surface area contributed by atoms with Crippen LogP contribution < -0.4 is 4.74 Å². The maximum atomic E-state index is 13.2. The number of ether oxygens (including phenoxy) is 1. The van der Waals surface area contributed by atoms with E-state index in [0.717, 1.165) is 0 Å². The Morgan fingerprint density at radius 2 is 2.23 bits per heavy atom. The van der Waals surface area contributed by atoms with Gasteiger partial charge in [-0.3, -0.25) is 0 Å². The zero-order chi connectivity index (χ0) is 10.0. The van der Waals surface area contributed by atoms with Gasteiger partial charge in [-0.05, 0) is 15.9 Å². The highest BCUT2D eigenvalue weighted by Crippen LogP contribution is 2.36. The van der Waals surface area contributed by atoms with Crippen LogP contribution in [0.3, 0.4) is 0 Å². The number of aliphatic hydroxyl groups excluding tert-OH is 1. The Balaban J connectivity index is 3.41. The molecular weight excluding hydrogens is 243 g/mol. The summed E-state index contributed by atoms with van der Waals surface area (Å²) in [6.45, 7) is -0.526. The first-order valence-electron chi connectivity index (χ1n) is 3.46. The second kappa shape index (κ2) is 3.93. The number of phenolic OH excluding ortho intramolecular Hbond substituents is 1. The molecule has 0 radical (unpaired) electrons. The van der Waals surface area contributed by atoms with Gasteiger partial charge in [0.2, 0.25) is 0 Å². The van der Waals surface area contributed by atoms with Gasteiger partial charge in [0.15, 0.2) is 11.5 Å². The van der Waals surface area contributed by atoms with Crippen LogP contribution in [0.2, 0.25) is 0 Å². The van der Waals surface area contributed by atoms with E-state index in [2.05, 4.69) is 15.9 Å². The van der Waals surface area contributed by atoms with Crippen LogP contribution >= 0.6 is 15.9 Å². The Morgan fingerprint density at radius 3 is 2.69 bits per heavy atom. The summed E-state index contributed by atoms with van der Waals surface area (Å²) >= 11 is 2.90. The lowest BCUT2D eigenvalue weighted by Gasteiger charge is -2.10. The number of aliphatic hydroxyl groups is 1. The third-order valence-corrected chi connectivity index (χ3v) is 2.18. The fourth-order valence-electron chi connectivity index (χ4n) is 1.02. The molecule has 2 N–H and O–H groups in total. The summed E-state index contributed by atoms with van der Waals surface area (Å²) in [5.41, 5.74) is -0.0608. The van der Waals surface area contributed by atoms with E-state index in [1.807, 2.05) is 0 Å². The number of methoxy groups -OCH3 is 1. The molecule has 0 heterocycles. The summed E-state index contributed by atoms with van der Waals surface area (Å²) in [5.74, 6) is -0.875. The van der Waals surface area contributed by atoms with Crippen molar-refractivity contribution in [2.75, 3.05) is 7.11 Å². The minimum atomic E-state index is -0.628. The molecule has 0 spiro atoms. The van der Waals surface area contributed by atoms with Gasteiger partial charge in [-0.2, -0.15) is 0 Å². The quantitative estimate of drug-likeness (QED) is 0.842. The Hall–Kier alpha value is -0.810. The van der Waals surface area contributed by atoms with Crippen molar-refractivity contribution in [1.82, 2.24) is 0 Å². The number of phenols is 1. The van der Waals surface area contributed by atoms with Crippen LogP contribution in [-0.4, -0.2) is 17.3 Å². The van der Waals surface area contributed by atoms with Gasteiger partial charge >= 0.3 is 0 Å². The fraction of sp³-hybridized carbons (Fsp3) is 0.250. The molecule has 0 fully saturated rings. The second-order valence-electron chi connectivity index (χ2n) is 2.36. The van der Waals surface area contributed by atoms with Gasteiger partial charge in [0.1, 0.15) is 5.82 Å². The van der Waals surface area contributed by atoms with E-state index in [1.54, 1.807) is 0 Å². The predicted molar refractivity (Wildman–Crippen MR) is 48.2 cm³/mol. The Bertz CT molecular complexity index is 328. The van der Waals surface area contributed by atoms with Crippen molar-refractivity contribution in [2.24, 2.45) is 0 Å². The van der Waals surface area contributed by atoms with Crippen LogP contribution in [0.25, 0.3) is 0 Å². The van der Waals surface area contributed by atoms with Crippen LogP contribution in [0.5, 0.6) is 11.5 Å². The van der Waals surface area contributed by atoms with Crippen molar-refractivity contribution in [3.05, 3.63) is 21.9 Å². The van der Waals surface area contributed by atoms with Gasteiger partial charge in [0, 0.05) is 6.07 Å². The first kappa shape index (κ1) is 10.3. The number of benzene rings is 1. The minimum absolute atomic E-state index is 0.0387. The maximum Gasteiger partial charge on any atom is 0.169 e. The molecule has 72 valence electrons. The second-order valence-corrected chi connectivity index (χ2v) is 3.22. The molecule has 0 saturated carbocycles. The van der Waals surface area contributed by atoms with Crippen LogP contribution in [0.1, 0.15) is 5.56 Å². The lowest BCUT2D eigenvalue weighted by molar-refractivity contribution is 0.263. The molecule has 1 aromatic carbocycles. The highest BCUT2D eigenvalue weighted by molar-refractivity contribution is 9.10. The van der Waals surface area contributed by atoms with Gasteiger partial charge in [0.25, 0.3) is 0 Å². The number of hydrogen-bond donors (Lipinski definition) is 2. The van der Waals surface area contributed by atoms with Gasteiger partial charge < -0.3 is 14.9 Å². The Morgan fingerprint density at radius 1 is 1.62 bits per heavy atom. The molecule has 1 rings (SSSR count). The first-order valence-corrected chi connectivity index (χ1v) is 4.25. The molecule has 1 aromatic rings. The van der Waals surface area contributed by atoms with Gasteiger partial charge in [-0.1, -0.05) is 0 Å². The largest absolute Gasteiger partial charge is 0.504 e. The van der Waals surface area contributed by atoms with Crippen molar-refractivity contribution >= 4 is 15.9 Å².